The van der Waals surface area contributed by atoms with E-state index in [1.54, 1.807) is 31.2 Å². The number of nitro groups is 1. The third kappa shape index (κ3) is 2.15. The van der Waals surface area contributed by atoms with E-state index in [9.17, 15) is 10.1 Å². The Balaban J connectivity index is 3.37. The summed E-state index contributed by atoms with van der Waals surface area (Å²) in [4.78, 5) is 10.5. The van der Waals surface area contributed by atoms with Gasteiger partial charge >= 0.3 is 5.69 Å². The highest BCUT2D eigenvalue weighted by Gasteiger charge is 2.22. The van der Waals surface area contributed by atoms with Crippen molar-refractivity contribution in [2.75, 3.05) is 7.11 Å². The smallest absolute Gasteiger partial charge is 0.314 e. The van der Waals surface area contributed by atoms with Gasteiger partial charge in [-0.05, 0) is 6.07 Å². The Labute approximate surface area is 88.3 Å². The first-order valence-electron chi connectivity index (χ1n) is 4.39. The van der Waals surface area contributed by atoms with E-state index >= 15 is 0 Å². The molecule has 1 rings (SSSR count). The lowest BCUT2D eigenvalue weighted by molar-refractivity contribution is -0.386. The van der Waals surface area contributed by atoms with Crippen LogP contribution >= 0.6 is 0 Å². The Hall–Kier alpha value is -1.84. The van der Waals surface area contributed by atoms with Crippen molar-refractivity contribution in [1.82, 2.24) is 0 Å². The predicted molar refractivity (Wildman–Crippen MR) is 57.9 cm³/mol. The summed E-state index contributed by atoms with van der Waals surface area (Å²) in [6.07, 6.45) is 1.59. The lowest BCUT2D eigenvalue weighted by Gasteiger charge is -2.09. The molecular formula is C11H12NO3. The molecule has 0 unspecified atom stereocenters. The molecule has 0 heterocycles. The predicted octanol–water partition coefficient (Wildman–Crippen LogP) is 2.73. The van der Waals surface area contributed by atoms with E-state index in [1.807, 2.05) is 0 Å². The molecule has 0 N–H and O–H groups in total. The van der Waals surface area contributed by atoms with Gasteiger partial charge in [0, 0.05) is 11.5 Å². The van der Waals surface area contributed by atoms with Crippen molar-refractivity contribution < 1.29 is 9.66 Å². The van der Waals surface area contributed by atoms with Gasteiger partial charge in [-0.3, -0.25) is 10.1 Å². The summed E-state index contributed by atoms with van der Waals surface area (Å²) in [6.45, 7) is 5.37. The second-order valence-corrected chi connectivity index (χ2v) is 3.00. The molecule has 0 atom stereocenters. The number of allylic oxidation sites excluding steroid dienone is 1. The third-order valence-electron chi connectivity index (χ3n) is 2.13. The molecule has 4 nitrogen and oxygen atoms in total. The second kappa shape index (κ2) is 4.59. The van der Waals surface area contributed by atoms with Crippen LogP contribution in [0.25, 0.3) is 0 Å². The van der Waals surface area contributed by atoms with Gasteiger partial charge in [-0.25, -0.2) is 0 Å². The van der Waals surface area contributed by atoms with Gasteiger partial charge in [-0.2, -0.15) is 0 Å². The van der Waals surface area contributed by atoms with E-state index in [0.29, 0.717) is 5.56 Å². The third-order valence-corrected chi connectivity index (χ3v) is 2.13. The molecule has 0 amide bonds. The zero-order valence-electron chi connectivity index (χ0n) is 8.69. The van der Waals surface area contributed by atoms with Gasteiger partial charge in [0.1, 0.15) is 0 Å². The fraction of sp³-hybridized carbons (Fsp3) is 0.182. The van der Waals surface area contributed by atoms with Gasteiger partial charge in [0.05, 0.1) is 12.0 Å². The monoisotopic (exact) mass is 206 g/mol. The van der Waals surface area contributed by atoms with E-state index < -0.39 is 4.92 Å². The van der Waals surface area contributed by atoms with Crippen LogP contribution in [0.15, 0.2) is 30.9 Å². The Morgan fingerprint density at radius 1 is 1.60 bits per heavy atom. The summed E-state index contributed by atoms with van der Waals surface area (Å²) in [5.74, 6) is 1.01. The zero-order chi connectivity index (χ0) is 11.4. The summed E-state index contributed by atoms with van der Waals surface area (Å²) in [7, 11) is 1.41. The van der Waals surface area contributed by atoms with Crippen LogP contribution in [0.2, 0.25) is 0 Å². The Kier molecular flexibility index (Phi) is 3.44. The minimum absolute atomic E-state index is 0.0163. The molecule has 1 aromatic carbocycles. The Morgan fingerprint density at radius 3 is 2.73 bits per heavy atom. The van der Waals surface area contributed by atoms with Crippen LogP contribution in [0.5, 0.6) is 5.75 Å². The van der Waals surface area contributed by atoms with Crippen molar-refractivity contribution in [3.63, 3.8) is 0 Å². The molecule has 0 spiro atoms. The largest absolute Gasteiger partial charge is 0.490 e. The van der Waals surface area contributed by atoms with Crippen LogP contribution in [-0.4, -0.2) is 12.0 Å². The number of ether oxygens (including phenoxy) is 1. The highest BCUT2D eigenvalue weighted by Crippen LogP contribution is 2.34. The van der Waals surface area contributed by atoms with Crippen molar-refractivity contribution in [2.45, 2.75) is 6.92 Å². The van der Waals surface area contributed by atoms with E-state index in [-0.39, 0.29) is 11.4 Å². The molecule has 0 aliphatic heterocycles. The lowest BCUT2D eigenvalue weighted by atomic mass is 9.99. The van der Waals surface area contributed by atoms with E-state index in [2.05, 4.69) is 6.58 Å². The molecular weight excluding hydrogens is 194 g/mol. The number of benzene rings is 1. The summed E-state index contributed by atoms with van der Waals surface area (Å²) >= 11 is 0. The first kappa shape index (κ1) is 11.2. The molecule has 0 aromatic heterocycles. The van der Waals surface area contributed by atoms with Crippen LogP contribution in [0.4, 0.5) is 5.69 Å². The van der Waals surface area contributed by atoms with Gasteiger partial charge in [-0.1, -0.05) is 25.1 Å². The van der Waals surface area contributed by atoms with E-state index in [4.69, 9.17) is 4.74 Å². The van der Waals surface area contributed by atoms with Crippen LogP contribution in [-0.2, 0) is 0 Å². The molecule has 1 aromatic rings. The second-order valence-electron chi connectivity index (χ2n) is 3.00. The zero-order valence-corrected chi connectivity index (χ0v) is 8.69. The van der Waals surface area contributed by atoms with Gasteiger partial charge in [0.25, 0.3) is 0 Å². The van der Waals surface area contributed by atoms with Crippen molar-refractivity contribution in [3.05, 3.63) is 52.4 Å². The normalized spacial score (nSPS) is 10.1. The number of methoxy groups -OCH3 is 1. The highest BCUT2D eigenvalue weighted by atomic mass is 16.6. The molecule has 1 radical (unpaired) electrons. The molecule has 15 heavy (non-hydrogen) atoms. The molecule has 4 heteroatoms. The van der Waals surface area contributed by atoms with Crippen LogP contribution in [0.1, 0.15) is 12.5 Å². The van der Waals surface area contributed by atoms with Gasteiger partial charge in [0.15, 0.2) is 5.75 Å². The Bertz CT molecular complexity index is 387. The maximum absolute atomic E-state index is 10.9. The summed E-state index contributed by atoms with van der Waals surface area (Å²) in [6, 6.07) is 4.96. The Morgan fingerprint density at radius 2 is 2.27 bits per heavy atom. The van der Waals surface area contributed by atoms with Crippen LogP contribution in [0.3, 0.4) is 0 Å². The average molecular weight is 206 g/mol. The minimum atomic E-state index is -0.443. The number of para-hydroxylation sites is 1. The van der Waals surface area contributed by atoms with Gasteiger partial charge in [-0.15, -0.1) is 6.58 Å². The SMILES string of the molecule is C=C[C](C)c1cccc(OC)c1[N+](=O)[O-]. The number of hydrogen-bond acceptors (Lipinski definition) is 3. The topological polar surface area (TPSA) is 52.4 Å². The molecule has 0 aliphatic rings. The average Bonchev–Trinajstić information content (AvgIpc) is 2.26. The van der Waals surface area contributed by atoms with E-state index in [1.165, 1.54) is 7.11 Å². The fourth-order valence-corrected chi connectivity index (χ4v) is 1.30. The summed E-state index contributed by atoms with van der Waals surface area (Å²) in [5.41, 5.74) is 0.520. The quantitative estimate of drug-likeness (QED) is 0.562. The molecule has 0 fully saturated rings. The number of rotatable bonds is 4. The molecule has 0 saturated heterocycles. The van der Waals surface area contributed by atoms with Gasteiger partial charge in [0.2, 0.25) is 0 Å². The number of nitrogens with zero attached hydrogens (tertiary/aromatic N) is 1. The van der Waals surface area contributed by atoms with Crippen LogP contribution in [0, 0.1) is 16.0 Å². The summed E-state index contributed by atoms with van der Waals surface area (Å²) in [5, 5.41) is 10.9. The lowest BCUT2D eigenvalue weighted by Crippen LogP contribution is -2.01. The highest BCUT2D eigenvalue weighted by molar-refractivity contribution is 5.59. The fourth-order valence-electron chi connectivity index (χ4n) is 1.30. The van der Waals surface area contributed by atoms with Crippen LogP contribution < -0.4 is 4.74 Å². The van der Waals surface area contributed by atoms with Crippen molar-refractivity contribution in [3.8, 4) is 5.75 Å². The molecule has 0 saturated carbocycles. The van der Waals surface area contributed by atoms with Crippen molar-refractivity contribution in [2.24, 2.45) is 0 Å². The molecule has 0 aliphatic carbocycles. The summed E-state index contributed by atoms with van der Waals surface area (Å²) < 4.78 is 4.95. The molecule has 0 bridgehead atoms. The standard InChI is InChI=1S/C11H12NO3/c1-4-8(2)9-6-5-7-10(15-3)11(9)12(13)14/h4-7H,1H2,2-3H3. The van der Waals surface area contributed by atoms with E-state index in [0.717, 1.165) is 5.92 Å². The molecule has 79 valence electrons. The van der Waals surface area contributed by atoms with Crippen molar-refractivity contribution >= 4 is 5.69 Å². The number of hydrogen-bond donors (Lipinski definition) is 0. The first-order chi connectivity index (χ1) is 7.11. The maximum atomic E-state index is 10.9. The van der Waals surface area contributed by atoms with Gasteiger partial charge < -0.3 is 4.74 Å². The number of nitro benzene ring substituents is 1. The maximum Gasteiger partial charge on any atom is 0.314 e. The minimum Gasteiger partial charge on any atom is -0.490 e. The van der Waals surface area contributed by atoms with Crippen molar-refractivity contribution in [1.29, 1.82) is 0 Å². The first-order valence-corrected chi connectivity index (χ1v) is 4.39.